The van der Waals surface area contributed by atoms with Gasteiger partial charge in [0.2, 0.25) is 0 Å². The summed E-state index contributed by atoms with van der Waals surface area (Å²) >= 11 is 0. The van der Waals surface area contributed by atoms with Gasteiger partial charge in [-0.3, -0.25) is 0 Å². The summed E-state index contributed by atoms with van der Waals surface area (Å²) in [6.07, 6.45) is 3.85. The van der Waals surface area contributed by atoms with E-state index in [0.29, 0.717) is 0 Å². The Bertz CT molecular complexity index is 406. The van der Waals surface area contributed by atoms with Gasteiger partial charge in [0.25, 0.3) is 0 Å². The minimum Gasteiger partial charge on any atom is -0.302 e. The highest BCUT2D eigenvalue weighted by Crippen LogP contribution is 2.41. The molecule has 0 aliphatic heterocycles. The van der Waals surface area contributed by atoms with Crippen molar-refractivity contribution < 1.29 is 4.79 Å². The monoisotopic (exact) mass is 200 g/mol. The molecule has 0 heterocycles. The molecule has 0 radical (unpaired) electrons. The van der Waals surface area contributed by atoms with Gasteiger partial charge >= 0.3 is 0 Å². The van der Waals surface area contributed by atoms with Crippen molar-refractivity contribution in [3.63, 3.8) is 0 Å². The van der Waals surface area contributed by atoms with E-state index >= 15 is 0 Å². The Kier molecular flexibility index (Phi) is 2.47. The fourth-order valence-electron chi connectivity index (χ4n) is 2.60. The largest absolute Gasteiger partial charge is 0.302 e. The van der Waals surface area contributed by atoms with Crippen LogP contribution in [-0.4, -0.2) is 6.29 Å². The molecule has 78 valence electrons. The van der Waals surface area contributed by atoms with Crippen LogP contribution in [0.5, 0.6) is 0 Å². The molecule has 0 N–H and O–H groups in total. The van der Waals surface area contributed by atoms with Gasteiger partial charge in [-0.2, -0.15) is 0 Å². The maximum absolute atomic E-state index is 11.4. The Balaban J connectivity index is 2.45. The fraction of sp³-hybridized carbons (Fsp3) is 0.357. The molecule has 0 aromatic heterocycles. The van der Waals surface area contributed by atoms with Crippen LogP contribution in [0.4, 0.5) is 0 Å². The van der Waals surface area contributed by atoms with Gasteiger partial charge in [-0.25, -0.2) is 0 Å². The maximum Gasteiger partial charge on any atom is 0.130 e. The molecular weight excluding hydrogens is 184 g/mol. The molecule has 2 rings (SSSR count). The van der Waals surface area contributed by atoms with Crippen LogP contribution in [-0.2, 0) is 16.6 Å². The van der Waals surface area contributed by atoms with Crippen LogP contribution >= 0.6 is 0 Å². The van der Waals surface area contributed by atoms with Crippen molar-refractivity contribution in [3.8, 4) is 0 Å². The van der Waals surface area contributed by atoms with Gasteiger partial charge in [-0.1, -0.05) is 29.8 Å². The number of carbonyl (C=O) groups excluding carboxylic acids is 1. The Morgan fingerprint density at radius 3 is 2.93 bits per heavy atom. The van der Waals surface area contributed by atoms with Gasteiger partial charge < -0.3 is 4.79 Å². The lowest BCUT2D eigenvalue weighted by Gasteiger charge is -2.23. The molecule has 1 atom stereocenters. The maximum atomic E-state index is 11.4. The van der Waals surface area contributed by atoms with E-state index in [0.717, 1.165) is 31.1 Å². The molecule has 1 aliphatic carbocycles. The van der Waals surface area contributed by atoms with E-state index < -0.39 is 0 Å². The first-order chi connectivity index (χ1) is 7.18. The molecule has 1 unspecified atom stereocenters. The summed E-state index contributed by atoms with van der Waals surface area (Å²) in [5.74, 6) is 0. The summed E-state index contributed by atoms with van der Waals surface area (Å²) in [4.78, 5) is 11.4. The summed E-state index contributed by atoms with van der Waals surface area (Å²) in [6, 6.07) is 8.26. The topological polar surface area (TPSA) is 17.1 Å². The average molecular weight is 200 g/mol. The number of hydrogen-bond donors (Lipinski definition) is 0. The van der Waals surface area contributed by atoms with Gasteiger partial charge in [-0.15, -0.1) is 6.58 Å². The Morgan fingerprint density at radius 2 is 2.27 bits per heavy atom. The lowest BCUT2D eigenvalue weighted by molar-refractivity contribution is -0.112. The molecule has 0 bridgehead atoms. The molecule has 1 aromatic carbocycles. The van der Waals surface area contributed by atoms with Gasteiger partial charge in [0, 0.05) is 0 Å². The zero-order valence-corrected chi connectivity index (χ0v) is 9.12. The Hall–Kier alpha value is -1.37. The van der Waals surface area contributed by atoms with Crippen molar-refractivity contribution in [2.24, 2.45) is 0 Å². The van der Waals surface area contributed by atoms with Gasteiger partial charge in [0.05, 0.1) is 5.41 Å². The minimum absolute atomic E-state index is 0.289. The Morgan fingerprint density at radius 1 is 1.53 bits per heavy atom. The molecule has 1 heteroatoms. The van der Waals surface area contributed by atoms with Gasteiger partial charge in [0.15, 0.2) is 0 Å². The van der Waals surface area contributed by atoms with E-state index in [1.54, 1.807) is 0 Å². The standard InChI is InChI=1S/C14H16O/c1-11(2)9-14(10-15)8-7-12-5-3-4-6-13(12)14/h3-6,10H,1,7-9H2,2H3. The van der Waals surface area contributed by atoms with Crippen LogP contribution in [0, 0.1) is 0 Å². The first-order valence-corrected chi connectivity index (χ1v) is 5.37. The van der Waals surface area contributed by atoms with E-state index in [-0.39, 0.29) is 5.41 Å². The molecule has 0 amide bonds. The first kappa shape index (κ1) is 10.2. The van der Waals surface area contributed by atoms with Gasteiger partial charge in [0.1, 0.15) is 6.29 Å². The number of aryl methyl sites for hydroxylation is 1. The number of benzene rings is 1. The predicted octanol–water partition coefficient (Wildman–Crippen LogP) is 3.04. The van der Waals surface area contributed by atoms with E-state index in [2.05, 4.69) is 18.7 Å². The highest BCUT2D eigenvalue weighted by Gasteiger charge is 2.37. The smallest absolute Gasteiger partial charge is 0.130 e. The molecule has 15 heavy (non-hydrogen) atoms. The van der Waals surface area contributed by atoms with Crippen molar-refractivity contribution in [1.29, 1.82) is 0 Å². The van der Waals surface area contributed by atoms with Crippen LogP contribution < -0.4 is 0 Å². The summed E-state index contributed by atoms with van der Waals surface area (Å²) in [6.45, 7) is 5.92. The van der Waals surface area contributed by atoms with Crippen LogP contribution in [0.1, 0.15) is 30.9 Å². The predicted molar refractivity (Wildman–Crippen MR) is 61.9 cm³/mol. The highest BCUT2D eigenvalue weighted by atomic mass is 16.1. The van der Waals surface area contributed by atoms with E-state index in [1.807, 2.05) is 19.1 Å². The molecule has 1 aromatic rings. The molecule has 0 saturated carbocycles. The molecule has 0 fully saturated rings. The molecule has 1 aliphatic rings. The highest BCUT2D eigenvalue weighted by molar-refractivity contribution is 5.72. The number of allylic oxidation sites excluding steroid dienone is 1. The molecule has 0 spiro atoms. The van der Waals surface area contributed by atoms with Crippen molar-refractivity contribution in [2.75, 3.05) is 0 Å². The molecular formula is C14H16O. The van der Waals surface area contributed by atoms with Crippen LogP contribution in [0.2, 0.25) is 0 Å². The fourth-order valence-corrected chi connectivity index (χ4v) is 2.60. The second-order valence-electron chi connectivity index (χ2n) is 4.57. The zero-order valence-electron chi connectivity index (χ0n) is 9.12. The summed E-state index contributed by atoms with van der Waals surface area (Å²) < 4.78 is 0. The SMILES string of the molecule is C=C(C)CC1(C=O)CCc2ccccc21. The normalized spacial score (nSPS) is 23.5. The Labute approximate surface area is 90.8 Å². The van der Waals surface area contributed by atoms with Crippen LogP contribution in [0.15, 0.2) is 36.4 Å². The summed E-state index contributed by atoms with van der Waals surface area (Å²) in [5.41, 5.74) is 3.33. The third-order valence-corrected chi connectivity index (χ3v) is 3.24. The molecule has 0 saturated heterocycles. The second kappa shape index (κ2) is 3.65. The summed E-state index contributed by atoms with van der Waals surface area (Å²) in [5, 5.41) is 0. The quantitative estimate of drug-likeness (QED) is 0.541. The van der Waals surface area contributed by atoms with Crippen LogP contribution in [0.25, 0.3) is 0 Å². The zero-order chi connectivity index (χ0) is 10.9. The summed E-state index contributed by atoms with van der Waals surface area (Å²) in [7, 11) is 0. The second-order valence-corrected chi connectivity index (χ2v) is 4.57. The van der Waals surface area contributed by atoms with Gasteiger partial charge in [-0.05, 0) is 37.3 Å². The van der Waals surface area contributed by atoms with E-state index in [4.69, 9.17) is 0 Å². The number of rotatable bonds is 3. The van der Waals surface area contributed by atoms with E-state index in [1.165, 1.54) is 11.1 Å². The lowest BCUT2D eigenvalue weighted by Crippen LogP contribution is -2.25. The minimum atomic E-state index is -0.289. The van der Waals surface area contributed by atoms with Crippen LogP contribution in [0.3, 0.4) is 0 Å². The number of fused-ring (bicyclic) bond motifs is 1. The van der Waals surface area contributed by atoms with E-state index in [9.17, 15) is 4.79 Å². The average Bonchev–Trinajstić information content (AvgIpc) is 2.58. The number of carbonyl (C=O) groups is 1. The molecule has 1 nitrogen and oxygen atoms in total. The third-order valence-electron chi connectivity index (χ3n) is 3.24. The number of hydrogen-bond acceptors (Lipinski definition) is 1. The van der Waals surface area contributed by atoms with Crippen molar-refractivity contribution in [2.45, 2.75) is 31.6 Å². The number of aldehydes is 1. The first-order valence-electron chi connectivity index (χ1n) is 5.37. The van der Waals surface area contributed by atoms with Crippen molar-refractivity contribution in [1.82, 2.24) is 0 Å². The van der Waals surface area contributed by atoms with Crippen molar-refractivity contribution in [3.05, 3.63) is 47.5 Å². The van der Waals surface area contributed by atoms with Crippen molar-refractivity contribution >= 4 is 6.29 Å². The lowest BCUT2D eigenvalue weighted by atomic mass is 9.78. The third kappa shape index (κ3) is 1.63.